The Morgan fingerprint density at radius 2 is 1.86 bits per heavy atom. The monoisotopic (exact) mass is 423 g/mol. The van der Waals surface area contributed by atoms with Gasteiger partial charge in [0.1, 0.15) is 5.82 Å². The second-order valence-corrected chi connectivity index (χ2v) is 8.48. The van der Waals surface area contributed by atoms with Crippen LogP contribution in [0.3, 0.4) is 0 Å². The van der Waals surface area contributed by atoms with Gasteiger partial charge in [0, 0.05) is 37.7 Å². The van der Waals surface area contributed by atoms with Crippen LogP contribution in [0.5, 0.6) is 0 Å². The number of benzene rings is 1. The molecule has 3 aliphatic rings. The first-order chi connectivity index (χ1) is 14.0. The van der Waals surface area contributed by atoms with E-state index in [4.69, 9.17) is 16.3 Å². The molecule has 29 heavy (non-hydrogen) atoms. The number of carbonyl (C=O) groups excluding carboxylic acids is 2. The molecule has 0 N–H and O–H groups in total. The van der Waals surface area contributed by atoms with Crippen molar-refractivity contribution in [3.05, 3.63) is 34.6 Å². The van der Waals surface area contributed by atoms with E-state index in [1.54, 1.807) is 4.90 Å². The summed E-state index contributed by atoms with van der Waals surface area (Å²) < 4.78 is 19.8. The van der Waals surface area contributed by atoms with Gasteiger partial charge in [-0.1, -0.05) is 24.4 Å². The lowest BCUT2D eigenvalue weighted by Gasteiger charge is -2.44. The van der Waals surface area contributed by atoms with Crippen LogP contribution in [-0.2, 0) is 9.53 Å². The minimum atomic E-state index is -0.564. The van der Waals surface area contributed by atoms with Crippen molar-refractivity contribution < 1.29 is 18.7 Å². The van der Waals surface area contributed by atoms with Crippen molar-refractivity contribution in [2.45, 2.75) is 37.8 Å². The normalized spacial score (nSPS) is 25.6. The van der Waals surface area contributed by atoms with Gasteiger partial charge in [-0.05, 0) is 31.0 Å². The minimum absolute atomic E-state index is 0.00122. The summed E-state index contributed by atoms with van der Waals surface area (Å²) in [4.78, 5) is 31.3. The molecule has 2 heterocycles. The van der Waals surface area contributed by atoms with Gasteiger partial charge < -0.3 is 14.5 Å². The lowest BCUT2D eigenvalue weighted by atomic mass is 9.90. The van der Waals surface area contributed by atoms with Crippen LogP contribution in [0.2, 0.25) is 5.02 Å². The Labute approximate surface area is 175 Å². The van der Waals surface area contributed by atoms with Gasteiger partial charge in [0.25, 0.3) is 5.91 Å². The average Bonchev–Trinajstić information content (AvgIpc) is 2.75. The molecule has 1 aromatic rings. The molecule has 2 aliphatic heterocycles. The molecule has 2 saturated heterocycles. The van der Waals surface area contributed by atoms with Gasteiger partial charge in [-0.2, -0.15) is 0 Å². The standard InChI is InChI=1S/C21H27ClFN3O3/c22-15-5-6-17(23)16(13-15)21(28)25-9-7-24(8-10-25)14-20(27)26-11-12-29-19-4-2-1-3-18(19)26/h5-6,13,18-19H,1-4,7-12,14H2. The summed E-state index contributed by atoms with van der Waals surface area (Å²) in [6, 6.07) is 4.22. The highest BCUT2D eigenvalue weighted by Gasteiger charge is 2.37. The molecule has 0 spiro atoms. The van der Waals surface area contributed by atoms with Crippen LogP contribution in [0.1, 0.15) is 36.0 Å². The summed E-state index contributed by atoms with van der Waals surface area (Å²) >= 11 is 5.91. The summed E-state index contributed by atoms with van der Waals surface area (Å²) in [5, 5.41) is 0.338. The fourth-order valence-electron chi connectivity index (χ4n) is 4.63. The third-order valence-electron chi connectivity index (χ3n) is 6.23. The summed E-state index contributed by atoms with van der Waals surface area (Å²) in [6.45, 7) is 3.75. The zero-order valence-corrected chi connectivity index (χ0v) is 17.2. The predicted molar refractivity (Wildman–Crippen MR) is 107 cm³/mol. The molecule has 6 nitrogen and oxygen atoms in total. The third kappa shape index (κ3) is 4.57. The van der Waals surface area contributed by atoms with Crippen LogP contribution >= 0.6 is 11.6 Å². The van der Waals surface area contributed by atoms with Crippen molar-refractivity contribution in [2.24, 2.45) is 0 Å². The van der Waals surface area contributed by atoms with Crippen LogP contribution in [0.25, 0.3) is 0 Å². The van der Waals surface area contributed by atoms with Gasteiger partial charge >= 0.3 is 0 Å². The van der Waals surface area contributed by atoms with Gasteiger partial charge in [0.15, 0.2) is 0 Å². The first-order valence-electron chi connectivity index (χ1n) is 10.4. The molecule has 8 heteroatoms. The maximum absolute atomic E-state index is 14.0. The number of ether oxygens (including phenoxy) is 1. The number of morpholine rings is 1. The molecular weight excluding hydrogens is 397 g/mol. The molecule has 2 atom stereocenters. The number of amides is 2. The smallest absolute Gasteiger partial charge is 0.256 e. The number of halogens is 2. The summed E-state index contributed by atoms with van der Waals surface area (Å²) in [6.07, 6.45) is 4.56. The largest absolute Gasteiger partial charge is 0.374 e. The fraction of sp³-hybridized carbons (Fsp3) is 0.619. The van der Waals surface area contributed by atoms with Crippen molar-refractivity contribution in [3.8, 4) is 0 Å². The van der Waals surface area contributed by atoms with Crippen molar-refractivity contribution in [3.63, 3.8) is 0 Å². The number of nitrogens with zero attached hydrogens (tertiary/aromatic N) is 3. The number of hydrogen-bond donors (Lipinski definition) is 0. The fourth-order valence-corrected chi connectivity index (χ4v) is 4.80. The van der Waals surface area contributed by atoms with Crippen LogP contribution in [-0.4, -0.2) is 84.5 Å². The van der Waals surface area contributed by atoms with Crippen molar-refractivity contribution >= 4 is 23.4 Å². The summed E-state index contributed by atoms with van der Waals surface area (Å²) in [5.41, 5.74) is -0.00122. The molecule has 3 fully saturated rings. The highest BCUT2D eigenvalue weighted by atomic mass is 35.5. The lowest BCUT2D eigenvalue weighted by molar-refractivity contribution is -0.150. The van der Waals surface area contributed by atoms with Gasteiger partial charge in [-0.3, -0.25) is 14.5 Å². The van der Waals surface area contributed by atoms with Gasteiger partial charge in [0.2, 0.25) is 5.91 Å². The SMILES string of the molecule is O=C(c1cc(Cl)ccc1F)N1CCN(CC(=O)N2CCOC3CCCCC32)CC1. The maximum atomic E-state index is 14.0. The molecule has 158 valence electrons. The topological polar surface area (TPSA) is 53.1 Å². The van der Waals surface area contributed by atoms with E-state index >= 15 is 0 Å². The third-order valence-corrected chi connectivity index (χ3v) is 6.46. The van der Waals surface area contributed by atoms with Crippen LogP contribution in [0.15, 0.2) is 18.2 Å². The molecule has 1 saturated carbocycles. The number of hydrogen-bond acceptors (Lipinski definition) is 4. The predicted octanol–water partition coefficient (Wildman–Crippen LogP) is 2.41. The average molecular weight is 424 g/mol. The zero-order valence-electron chi connectivity index (χ0n) is 16.5. The quantitative estimate of drug-likeness (QED) is 0.749. The first-order valence-corrected chi connectivity index (χ1v) is 10.8. The van der Waals surface area contributed by atoms with E-state index in [1.807, 2.05) is 4.90 Å². The minimum Gasteiger partial charge on any atom is -0.374 e. The Morgan fingerprint density at radius 3 is 2.66 bits per heavy atom. The Morgan fingerprint density at radius 1 is 1.10 bits per heavy atom. The Hall–Kier alpha value is -1.70. The van der Waals surface area contributed by atoms with Gasteiger partial charge in [-0.15, -0.1) is 0 Å². The van der Waals surface area contributed by atoms with E-state index in [1.165, 1.54) is 24.6 Å². The van der Waals surface area contributed by atoms with E-state index < -0.39 is 5.82 Å². The Kier molecular flexibility index (Phi) is 6.37. The van der Waals surface area contributed by atoms with E-state index in [2.05, 4.69) is 4.90 Å². The maximum Gasteiger partial charge on any atom is 0.256 e. The molecule has 0 bridgehead atoms. The van der Waals surface area contributed by atoms with Crippen LogP contribution < -0.4 is 0 Å². The number of rotatable bonds is 3. The molecule has 4 rings (SSSR count). The number of piperazine rings is 1. The molecule has 1 aliphatic carbocycles. The molecular formula is C21H27ClFN3O3. The van der Waals surface area contributed by atoms with Crippen molar-refractivity contribution in [1.82, 2.24) is 14.7 Å². The first kappa shape index (κ1) is 20.6. The highest BCUT2D eigenvalue weighted by Crippen LogP contribution is 2.28. The van der Waals surface area contributed by atoms with Crippen LogP contribution in [0.4, 0.5) is 4.39 Å². The number of fused-ring (bicyclic) bond motifs is 1. The highest BCUT2D eigenvalue weighted by molar-refractivity contribution is 6.31. The van der Waals surface area contributed by atoms with E-state index in [0.717, 1.165) is 19.3 Å². The van der Waals surface area contributed by atoms with E-state index in [9.17, 15) is 14.0 Å². The molecule has 2 unspecified atom stereocenters. The summed E-state index contributed by atoms with van der Waals surface area (Å²) in [7, 11) is 0. The number of carbonyl (C=O) groups is 2. The molecule has 0 radical (unpaired) electrons. The van der Waals surface area contributed by atoms with Gasteiger partial charge in [-0.25, -0.2) is 4.39 Å². The van der Waals surface area contributed by atoms with Crippen molar-refractivity contribution in [2.75, 3.05) is 45.9 Å². The molecule has 1 aromatic carbocycles. The Balaban J connectivity index is 1.31. The molecule has 2 amide bonds. The second kappa shape index (κ2) is 8.98. The Bertz CT molecular complexity index is 768. The van der Waals surface area contributed by atoms with Crippen molar-refractivity contribution in [1.29, 1.82) is 0 Å². The zero-order chi connectivity index (χ0) is 20.4. The summed E-state index contributed by atoms with van der Waals surface area (Å²) in [5.74, 6) is -0.772. The molecule has 0 aromatic heterocycles. The lowest BCUT2D eigenvalue weighted by Crippen LogP contribution is -2.58. The second-order valence-electron chi connectivity index (χ2n) is 8.04. The van der Waals surface area contributed by atoms with E-state index in [0.29, 0.717) is 50.9 Å². The van der Waals surface area contributed by atoms with E-state index in [-0.39, 0.29) is 29.5 Å². The van der Waals surface area contributed by atoms with Gasteiger partial charge in [0.05, 0.1) is 30.9 Å². The van der Waals surface area contributed by atoms with Crippen LogP contribution in [0, 0.1) is 5.82 Å².